The van der Waals surface area contributed by atoms with E-state index in [1.165, 1.54) is 5.56 Å². The summed E-state index contributed by atoms with van der Waals surface area (Å²) in [5, 5.41) is 10.3. The first kappa shape index (κ1) is 15.5. The highest BCUT2D eigenvalue weighted by Crippen LogP contribution is 2.22. The molecule has 1 heterocycles. The van der Waals surface area contributed by atoms with Crippen molar-refractivity contribution in [3.8, 4) is 0 Å². The van der Waals surface area contributed by atoms with E-state index < -0.39 is 0 Å². The lowest BCUT2D eigenvalue weighted by molar-refractivity contribution is -0.123. The van der Waals surface area contributed by atoms with Gasteiger partial charge in [0.05, 0.1) is 11.6 Å². The number of nitrogens with zero attached hydrogens (tertiary/aromatic N) is 3. The fraction of sp³-hybridized carbons (Fsp3) is 0.692. The predicted molar refractivity (Wildman–Crippen MR) is 77.2 cm³/mol. The lowest BCUT2D eigenvalue weighted by atomic mass is 10.1. The SMILES string of the molecule is CNCc1c(C)nn(C)c1N(C)CC(C)C(=O)NC. The largest absolute Gasteiger partial charge is 0.359 e. The summed E-state index contributed by atoms with van der Waals surface area (Å²) < 4.78 is 1.87. The molecule has 0 aliphatic heterocycles. The minimum atomic E-state index is -0.0624. The normalized spacial score (nSPS) is 12.3. The summed E-state index contributed by atoms with van der Waals surface area (Å²) >= 11 is 0. The molecular formula is C13H25N5O. The summed E-state index contributed by atoms with van der Waals surface area (Å²) in [4.78, 5) is 13.7. The Morgan fingerprint density at radius 3 is 2.63 bits per heavy atom. The molecule has 108 valence electrons. The number of carbonyl (C=O) groups excluding carboxylic acids is 1. The third-order valence-corrected chi connectivity index (χ3v) is 3.27. The molecular weight excluding hydrogens is 242 g/mol. The Bertz CT molecular complexity index is 440. The molecule has 0 bridgehead atoms. The van der Waals surface area contributed by atoms with Crippen LogP contribution in [0.15, 0.2) is 0 Å². The number of aromatic nitrogens is 2. The van der Waals surface area contributed by atoms with Crippen LogP contribution in [0, 0.1) is 12.8 Å². The monoisotopic (exact) mass is 267 g/mol. The maximum Gasteiger partial charge on any atom is 0.224 e. The van der Waals surface area contributed by atoms with Crippen molar-refractivity contribution in [3.05, 3.63) is 11.3 Å². The molecule has 1 aromatic rings. The van der Waals surface area contributed by atoms with Crippen molar-refractivity contribution in [1.29, 1.82) is 0 Å². The second kappa shape index (κ2) is 6.56. The third-order valence-electron chi connectivity index (χ3n) is 3.27. The van der Waals surface area contributed by atoms with E-state index in [-0.39, 0.29) is 11.8 Å². The number of hydrogen-bond donors (Lipinski definition) is 2. The molecule has 0 saturated heterocycles. The van der Waals surface area contributed by atoms with Crippen LogP contribution in [0.3, 0.4) is 0 Å². The average molecular weight is 267 g/mol. The number of hydrogen-bond acceptors (Lipinski definition) is 4. The maximum atomic E-state index is 11.6. The zero-order valence-electron chi connectivity index (χ0n) is 12.7. The van der Waals surface area contributed by atoms with Crippen molar-refractivity contribution in [2.75, 3.05) is 32.6 Å². The van der Waals surface area contributed by atoms with E-state index in [2.05, 4.69) is 20.6 Å². The Morgan fingerprint density at radius 1 is 1.47 bits per heavy atom. The van der Waals surface area contributed by atoms with E-state index in [4.69, 9.17) is 0 Å². The van der Waals surface area contributed by atoms with Crippen LogP contribution >= 0.6 is 0 Å². The van der Waals surface area contributed by atoms with Gasteiger partial charge in [-0.25, -0.2) is 0 Å². The number of amides is 1. The van der Waals surface area contributed by atoms with Crippen LogP contribution in [0.25, 0.3) is 0 Å². The van der Waals surface area contributed by atoms with E-state index in [9.17, 15) is 4.79 Å². The molecule has 0 aromatic carbocycles. The molecule has 1 atom stereocenters. The molecule has 0 aliphatic rings. The molecule has 0 saturated carbocycles. The van der Waals surface area contributed by atoms with Gasteiger partial charge < -0.3 is 15.5 Å². The molecule has 0 aliphatic carbocycles. The third kappa shape index (κ3) is 3.47. The standard InChI is InChI=1S/C13H25N5O/c1-9(12(19)15-4)8-17(5)13-11(7-14-3)10(2)16-18(13)6/h9,14H,7-8H2,1-6H3,(H,15,19). The van der Waals surface area contributed by atoms with Gasteiger partial charge in [-0.05, 0) is 14.0 Å². The zero-order chi connectivity index (χ0) is 14.6. The Morgan fingerprint density at radius 2 is 2.11 bits per heavy atom. The van der Waals surface area contributed by atoms with Crippen molar-refractivity contribution in [1.82, 2.24) is 20.4 Å². The quantitative estimate of drug-likeness (QED) is 0.776. The molecule has 1 rings (SSSR count). The van der Waals surface area contributed by atoms with Crippen molar-refractivity contribution < 1.29 is 4.79 Å². The van der Waals surface area contributed by atoms with Gasteiger partial charge in [-0.1, -0.05) is 6.92 Å². The first-order chi connectivity index (χ1) is 8.92. The van der Waals surface area contributed by atoms with Crippen molar-refractivity contribution >= 4 is 11.7 Å². The van der Waals surface area contributed by atoms with Gasteiger partial charge in [0.15, 0.2) is 0 Å². The Kier molecular flexibility index (Phi) is 5.35. The van der Waals surface area contributed by atoms with E-state index in [1.807, 2.05) is 39.7 Å². The van der Waals surface area contributed by atoms with Gasteiger partial charge in [-0.3, -0.25) is 9.48 Å². The van der Waals surface area contributed by atoms with Crippen LogP contribution in [0.2, 0.25) is 0 Å². The number of rotatable bonds is 6. The number of anilines is 1. The summed E-state index contributed by atoms with van der Waals surface area (Å²) in [5.41, 5.74) is 2.20. The van der Waals surface area contributed by atoms with Gasteiger partial charge in [0.2, 0.25) is 5.91 Å². The number of aryl methyl sites for hydroxylation is 2. The number of carbonyl (C=O) groups is 1. The van der Waals surface area contributed by atoms with Crippen LogP contribution in [0.1, 0.15) is 18.2 Å². The van der Waals surface area contributed by atoms with Crippen LogP contribution < -0.4 is 15.5 Å². The highest BCUT2D eigenvalue weighted by molar-refractivity contribution is 5.78. The molecule has 0 radical (unpaired) electrons. The van der Waals surface area contributed by atoms with Gasteiger partial charge in [0.25, 0.3) is 0 Å². The lowest BCUT2D eigenvalue weighted by Gasteiger charge is -2.24. The summed E-state index contributed by atoms with van der Waals surface area (Å²) in [5.74, 6) is 1.05. The molecule has 1 unspecified atom stereocenters. The molecule has 6 heteroatoms. The summed E-state index contributed by atoms with van der Waals surface area (Å²) in [6, 6.07) is 0. The lowest BCUT2D eigenvalue weighted by Crippen LogP contribution is -2.35. The average Bonchev–Trinajstić information content (AvgIpc) is 2.63. The van der Waals surface area contributed by atoms with Crippen LogP contribution in [0.4, 0.5) is 5.82 Å². The first-order valence-corrected chi connectivity index (χ1v) is 6.52. The van der Waals surface area contributed by atoms with Crippen molar-refractivity contribution in [2.24, 2.45) is 13.0 Å². The van der Waals surface area contributed by atoms with Gasteiger partial charge in [0, 0.05) is 39.8 Å². The zero-order valence-corrected chi connectivity index (χ0v) is 12.7. The molecule has 2 N–H and O–H groups in total. The smallest absolute Gasteiger partial charge is 0.224 e. The second-order valence-electron chi connectivity index (χ2n) is 4.94. The van der Waals surface area contributed by atoms with Crippen LogP contribution in [0.5, 0.6) is 0 Å². The summed E-state index contributed by atoms with van der Waals surface area (Å²) in [6.45, 7) is 5.37. The second-order valence-corrected chi connectivity index (χ2v) is 4.94. The van der Waals surface area contributed by atoms with E-state index in [1.54, 1.807) is 7.05 Å². The maximum absolute atomic E-state index is 11.6. The van der Waals surface area contributed by atoms with Crippen LogP contribution in [-0.2, 0) is 18.4 Å². The minimum Gasteiger partial charge on any atom is -0.359 e. The van der Waals surface area contributed by atoms with Gasteiger partial charge >= 0.3 is 0 Å². The highest BCUT2D eigenvalue weighted by atomic mass is 16.1. The van der Waals surface area contributed by atoms with E-state index in [0.717, 1.165) is 18.1 Å². The van der Waals surface area contributed by atoms with Crippen molar-refractivity contribution in [2.45, 2.75) is 20.4 Å². The topological polar surface area (TPSA) is 62.2 Å². The van der Waals surface area contributed by atoms with E-state index in [0.29, 0.717) is 6.54 Å². The van der Waals surface area contributed by atoms with Crippen molar-refractivity contribution in [3.63, 3.8) is 0 Å². The summed E-state index contributed by atoms with van der Waals surface area (Å²) in [7, 11) is 7.51. The molecule has 19 heavy (non-hydrogen) atoms. The van der Waals surface area contributed by atoms with Gasteiger partial charge in [-0.15, -0.1) is 0 Å². The number of nitrogens with one attached hydrogen (secondary N) is 2. The molecule has 0 spiro atoms. The first-order valence-electron chi connectivity index (χ1n) is 6.52. The Balaban J connectivity index is 2.92. The highest BCUT2D eigenvalue weighted by Gasteiger charge is 2.20. The van der Waals surface area contributed by atoms with Crippen LogP contribution in [-0.4, -0.2) is 43.4 Å². The molecule has 1 aromatic heterocycles. The van der Waals surface area contributed by atoms with Gasteiger partial charge in [0.1, 0.15) is 5.82 Å². The fourth-order valence-electron chi connectivity index (χ4n) is 2.38. The fourth-order valence-corrected chi connectivity index (χ4v) is 2.38. The van der Waals surface area contributed by atoms with Gasteiger partial charge in [-0.2, -0.15) is 5.10 Å². The molecule has 1 amide bonds. The molecule has 0 fully saturated rings. The minimum absolute atomic E-state index is 0.0564. The summed E-state index contributed by atoms with van der Waals surface area (Å²) in [6.07, 6.45) is 0. The predicted octanol–water partition coefficient (Wildman–Crippen LogP) is 0.266. The Labute approximate surface area is 115 Å². The Hall–Kier alpha value is -1.56. The molecule has 6 nitrogen and oxygen atoms in total. The van der Waals surface area contributed by atoms with E-state index >= 15 is 0 Å².